The molecule has 0 aromatic carbocycles. The third kappa shape index (κ3) is 11.4. The minimum Gasteiger partial charge on any atom is -0.481 e. The second-order valence-corrected chi connectivity index (χ2v) is 7.19. The lowest BCUT2D eigenvalue weighted by molar-refractivity contribution is -0.147. The van der Waals surface area contributed by atoms with Crippen molar-refractivity contribution in [3.63, 3.8) is 0 Å². The van der Waals surface area contributed by atoms with Gasteiger partial charge in [-0.2, -0.15) is 0 Å². The van der Waals surface area contributed by atoms with Gasteiger partial charge >= 0.3 is 29.9 Å². The number of pyridine rings is 1. The third-order valence-electron chi connectivity index (χ3n) is 4.60. The number of carboxylic acids is 4. The maximum atomic E-state index is 11.8. The molecular weight excluding hydrogens is 440 g/mol. The number of rotatable bonds is 16. The molecule has 0 fully saturated rings. The standard InChI is InChI=1S/C20H28N4O9/c25-16(26)8-7-14(18(29)30)23-20(33)22-10-4-2-6-15(19(31)32)24(12-17(27)28)11-13-5-1-3-9-21-13/h1,3,5,9,14-15H,2,4,6-8,10-12H2,(H,25,26)(H,27,28)(H,29,30)(H,31,32)(H2,22,23,33). The van der Waals surface area contributed by atoms with Gasteiger partial charge in [-0.05, 0) is 37.8 Å². The van der Waals surface area contributed by atoms with E-state index in [4.69, 9.17) is 15.3 Å². The molecule has 2 unspecified atom stereocenters. The number of hydrogen-bond acceptors (Lipinski definition) is 7. The van der Waals surface area contributed by atoms with Crippen molar-refractivity contribution in [3.05, 3.63) is 30.1 Å². The molecule has 182 valence electrons. The molecule has 0 spiro atoms. The lowest BCUT2D eigenvalue weighted by atomic mass is 10.1. The van der Waals surface area contributed by atoms with Gasteiger partial charge in [0.25, 0.3) is 0 Å². The van der Waals surface area contributed by atoms with Crippen molar-refractivity contribution in [2.24, 2.45) is 0 Å². The van der Waals surface area contributed by atoms with Crippen LogP contribution in [-0.2, 0) is 25.7 Å². The van der Waals surface area contributed by atoms with E-state index in [2.05, 4.69) is 15.6 Å². The summed E-state index contributed by atoms with van der Waals surface area (Å²) < 4.78 is 0. The smallest absolute Gasteiger partial charge is 0.326 e. The molecule has 1 heterocycles. The number of aromatic nitrogens is 1. The van der Waals surface area contributed by atoms with Crippen molar-refractivity contribution in [1.29, 1.82) is 0 Å². The molecule has 13 heteroatoms. The monoisotopic (exact) mass is 468 g/mol. The maximum Gasteiger partial charge on any atom is 0.326 e. The first kappa shape index (κ1) is 27.3. The zero-order valence-electron chi connectivity index (χ0n) is 17.8. The van der Waals surface area contributed by atoms with Crippen molar-refractivity contribution in [3.8, 4) is 0 Å². The normalized spacial score (nSPS) is 12.5. The van der Waals surface area contributed by atoms with Crippen LogP contribution in [0.15, 0.2) is 24.4 Å². The summed E-state index contributed by atoms with van der Waals surface area (Å²) in [6.45, 7) is -0.332. The summed E-state index contributed by atoms with van der Waals surface area (Å²) >= 11 is 0. The summed E-state index contributed by atoms with van der Waals surface area (Å²) in [5.74, 6) is -4.90. The Morgan fingerprint density at radius 3 is 2.21 bits per heavy atom. The summed E-state index contributed by atoms with van der Waals surface area (Å²) in [6.07, 6.45) is 1.66. The fourth-order valence-corrected chi connectivity index (χ4v) is 3.01. The Bertz CT molecular complexity index is 819. The number of carboxylic acid groups (broad SMARTS) is 4. The zero-order chi connectivity index (χ0) is 24.8. The Hall–Kier alpha value is -3.74. The van der Waals surface area contributed by atoms with Gasteiger partial charge in [0.1, 0.15) is 12.1 Å². The highest BCUT2D eigenvalue weighted by Crippen LogP contribution is 2.13. The molecule has 0 saturated carbocycles. The first-order valence-electron chi connectivity index (χ1n) is 10.2. The van der Waals surface area contributed by atoms with Crippen molar-refractivity contribution < 1.29 is 44.4 Å². The van der Waals surface area contributed by atoms with E-state index in [-0.39, 0.29) is 25.9 Å². The number of aliphatic carboxylic acids is 4. The Labute approximate surface area is 189 Å². The van der Waals surface area contributed by atoms with Gasteiger partial charge in [-0.1, -0.05) is 6.07 Å². The molecule has 2 amide bonds. The number of carbonyl (C=O) groups excluding carboxylic acids is 1. The van der Waals surface area contributed by atoms with Crippen molar-refractivity contribution in [1.82, 2.24) is 20.5 Å². The Balaban J connectivity index is 2.53. The van der Waals surface area contributed by atoms with Gasteiger partial charge in [-0.15, -0.1) is 0 Å². The van der Waals surface area contributed by atoms with Crippen molar-refractivity contribution in [2.75, 3.05) is 13.1 Å². The SMILES string of the molecule is O=C(O)CCC(NC(=O)NCCCCC(C(=O)O)N(CC(=O)O)Cc1ccccn1)C(=O)O. The molecule has 6 N–H and O–H groups in total. The molecule has 1 aromatic rings. The number of nitrogens with one attached hydrogen (secondary N) is 2. The highest BCUT2D eigenvalue weighted by molar-refractivity contribution is 5.83. The van der Waals surface area contributed by atoms with Gasteiger partial charge in [0.05, 0.1) is 12.2 Å². The Morgan fingerprint density at radius 2 is 1.67 bits per heavy atom. The quantitative estimate of drug-likeness (QED) is 0.181. The lowest BCUT2D eigenvalue weighted by Gasteiger charge is -2.27. The molecule has 1 aromatic heterocycles. The largest absolute Gasteiger partial charge is 0.481 e. The number of urea groups is 1. The highest BCUT2D eigenvalue weighted by Gasteiger charge is 2.27. The summed E-state index contributed by atoms with van der Waals surface area (Å²) in [6, 6.07) is 1.85. The van der Waals surface area contributed by atoms with Crippen molar-refractivity contribution >= 4 is 29.9 Å². The van der Waals surface area contributed by atoms with Gasteiger partial charge in [0.15, 0.2) is 0 Å². The van der Waals surface area contributed by atoms with E-state index in [1.54, 1.807) is 18.2 Å². The Kier molecular flexibility index (Phi) is 11.9. The van der Waals surface area contributed by atoms with Crippen LogP contribution in [0.3, 0.4) is 0 Å². The lowest BCUT2D eigenvalue weighted by Crippen LogP contribution is -2.46. The molecule has 0 aliphatic carbocycles. The summed E-state index contributed by atoms with van der Waals surface area (Å²) in [5.41, 5.74) is 0.527. The van der Waals surface area contributed by atoms with E-state index in [0.29, 0.717) is 18.5 Å². The fourth-order valence-electron chi connectivity index (χ4n) is 3.01. The van der Waals surface area contributed by atoms with Crippen LogP contribution in [0.5, 0.6) is 0 Å². The van der Waals surface area contributed by atoms with Gasteiger partial charge in [-0.25, -0.2) is 9.59 Å². The number of amides is 2. The van der Waals surface area contributed by atoms with Crippen LogP contribution in [0.25, 0.3) is 0 Å². The summed E-state index contributed by atoms with van der Waals surface area (Å²) in [5, 5.41) is 41.0. The topological polar surface area (TPSA) is 206 Å². The molecule has 0 saturated heterocycles. The van der Waals surface area contributed by atoms with E-state index in [1.807, 2.05) is 0 Å². The van der Waals surface area contributed by atoms with Gasteiger partial charge in [0.2, 0.25) is 0 Å². The van der Waals surface area contributed by atoms with Gasteiger partial charge in [-0.3, -0.25) is 24.3 Å². The van der Waals surface area contributed by atoms with E-state index in [0.717, 1.165) is 0 Å². The molecular formula is C20H28N4O9. The van der Waals surface area contributed by atoms with Crippen LogP contribution in [0, 0.1) is 0 Å². The second kappa shape index (κ2) is 14.3. The van der Waals surface area contributed by atoms with Crippen LogP contribution < -0.4 is 10.6 Å². The zero-order valence-corrected chi connectivity index (χ0v) is 17.8. The van der Waals surface area contributed by atoms with Crippen LogP contribution in [0.1, 0.15) is 37.8 Å². The highest BCUT2D eigenvalue weighted by atomic mass is 16.4. The maximum absolute atomic E-state index is 11.8. The predicted octanol–water partition coefficient (Wildman–Crippen LogP) is 0.209. The van der Waals surface area contributed by atoms with Crippen molar-refractivity contribution in [2.45, 2.75) is 50.7 Å². The first-order chi connectivity index (χ1) is 15.6. The van der Waals surface area contributed by atoms with Gasteiger partial charge in [0, 0.05) is 25.7 Å². The molecule has 2 atom stereocenters. The molecule has 0 radical (unpaired) electrons. The summed E-state index contributed by atoms with van der Waals surface area (Å²) in [7, 11) is 0. The summed E-state index contributed by atoms with van der Waals surface area (Å²) in [4.78, 5) is 61.8. The van der Waals surface area contributed by atoms with Crippen LogP contribution >= 0.6 is 0 Å². The van der Waals surface area contributed by atoms with E-state index in [9.17, 15) is 29.1 Å². The predicted molar refractivity (Wildman–Crippen MR) is 112 cm³/mol. The average Bonchev–Trinajstić information content (AvgIpc) is 2.73. The minimum atomic E-state index is -1.36. The number of hydrogen-bond donors (Lipinski definition) is 6. The minimum absolute atomic E-state index is 0.0394. The molecule has 13 nitrogen and oxygen atoms in total. The molecule has 0 bridgehead atoms. The average molecular weight is 468 g/mol. The van der Waals surface area contributed by atoms with Crippen LogP contribution in [0.2, 0.25) is 0 Å². The van der Waals surface area contributed by atoms with E-state index < -0.39 is 55.0 Å². The third-order valence-corrected chi connectivity index (χ3v) is 4.60. The number of unbranched alkanes of at least 4 members (excludes halogenated alkanes) is 1. The molecule has 33 heavy (non-hydrogen) atoms. The van der Waals surface area contributed by atoms with E-state index in [1.165, 1.54) is 11.1 Å². The Morgan fingerprint density at radius 1 is 0.939 bits per heavy atom. The number of carbonyl (C=O) groups is 5. The van der Waals surface area contributed by atoms with Crippen LogP contribution in [0.4, 0.5) is 4.79 Å². The van der Waals surface area contributed by atoms with E-state index >= 15 is 0 Å². The van der Waals surface area contributed by atoms with Crippen LogP contribution in [-0.4, -0.2) is 85.4 Å². The molecule has 1 rings (SSSR count). The number of nitrogens with zero attached hydrogens (tertiary/aromatic N) is 2. The second-order valence-electron chi connectivity index (χ2n) is 7.19. The molecule has 0 aliphatic rings. The first-order valence-corrected chi connectivity index (χ1v) is 10.2. The van der Waals surface area contributed by atoms with Gasteiger partial charge < -0.3 is 31.1 Å². The fraction of sp³-hybridized carbons (Fsp3) is 0.500. The molecule has 0 aliphatic heterocycles.